The molecule has 0 saturated carbocycles. The third-order valence-corrected chi connectivity index (χ3v) is 5.77. The summed E-state index contributed by atoms with van der Waals surface area (Å²) >= 11 is 1.65. The lowest BCUT2D eigenvalue weighted by atomic mass is 9.97. The van der Waals surface area contributed by atoms with E-state index in [9.17, 15) is 14.7 Å². The van der Waals surface area contributed by atoms with Crippen LogP contribution in [0.25, 0.3) is 0 Å². The lowest BCUT2D eigenvalue weighted by molar-refractivity contribution is -0.148. The Kier molecular flexibility index (Phi) is 6.06. The van der Waals surface area contributed by atoms with E-state index in [1.807, 2.05) is 35.7 Å². The molecule has 138 valence electrons. The predicted octanol–water partition coefficient (Wildman–Crippen LogP) is 1.99. The molecule has 6 heteroatoms. The van der Waals surface area contributed by atoms with Crippen molar-refractivity contribution in [3.8, 4) is 0 Å². The van der Waals surface area contributed by atoms with E-state index in [0.29, 0.717) is 19.6 Å². The van der Waals surface area contributed by atoms with Gasteiger partial charge in [-0.25, -0.2) is 0 Å². The first kappa shape index (κ1) is 18.6. The monoisotopic (exact) mass is 372 g/mol. The van der Waals surface area contributed by atoms with Crippen molar-refractivity contribution in [2.45, 2.75) is 32.4 Å². The van der Waals surface area contributed by atoms with Crippen LogP contribution in [0.2, 0.25) is 0 Å². The lowest BCUT2D eigenvalue weighted by Gasteiger charge is -2.31. The fourth-order valence-electron chi connectivity index (χ4n) is 3.15. The minimum absolute atomic E-state index is 0.292. The summed E-state index contributed by atoms with van der Waals surface area (Å²) in [6.45, 7) is 3.15. The molecule has 0 saturated heterocycles. The minimum Gasteiger partial charge on any atom is -0.382 e. The summed E-state index contributed by atoms with van der Waals surface area (Å²) < 4.78 is 0. The van der Waals surface area contributed by atoms with Gasteiger partial charge in [0.1, 0.15) is 6.10 Å². The first-order chi connectivity index (χ1) is 12.6. The second-order valence-electron chi connectivity index (χ2n) is 6.63. The number of nitrogens with zero attached hydrogens (tertiary/aromatic N) is 1. The van der Waals surface area contributed by atoms with Crippen LogP contribution in [0, 0.1) is 5.92 Å². The molecule has 1 aliphatic rings. The van der Waals surface area contributed by atoms with Crippen LogP contribution >= 0.6 is 11.3 Å². The largest absolute Gasteiger partial charge is 0.382 e. The van der Waals surface area contributed by atoms with Crippen molar-refractivity contribution in [1.29, 1.82) is 0 Å². The Morgan fingerprint density at radius 1 is 1.23 bits per heavy atom. The van der Waals surface area contributed by atoms with E-state index in [0.717, 1.165) is 18.4 Å². The Bertz CT molecular complexity index is 760. The van der Waals surface area contributed by atoms with Crippen molar-refractivity contribution in [3.63, 3.8) is 0 Å². The maximum atomic E-state index is 12.6. The van der Waals surface area contributed by atoms with Crippen molar-refractivity contribution in [2.24, 2.45) is 5.92 Å². The summed E-state index contributed by atoms with van der Waals surface area (Å²) in [7, 11) is 0. The molecule has 26 heavy (non-hydrogen) atoms. The van der Waals surface area contributed by atoms with Crippen LogP contribution in [-0.4, -0.2) is 41.0 Å². The summed E-state index contributed by atoms with van der Waals surface area (Å²) in [5.74, 6) is -1.44. The van der Waals surface area contributed by atoms with Crippen LogP contribution in [0.1, 0.15) is 22.9 Å². The van der Waals surface area contributed by atoms with E-state index < -0.39 is 12.0 Å². The molecule has 1 aliphatic heterocycles. The summed E-state index contributed by atoms with van der Waals surface area (Å²) in [6.07, 6.45) is 0.209. The third kappa shape index (κ3) is 4.31. The average Bonchev–Trinajstić information content (AvgIpc) is 3.19. The van der Waals surface area contributed by atoms with E-state index in [-0.39, 0.29) is 11.8 Å². The number of thiophene rings is 1. The molecule has 2 heterocycles. The van der Waals surface area contributed by atoms with Gasteiger partial charge in [0.25, 0.3) is 5.91 Å². The lowest BCUT2D eigenvalue weighted by Crippen LogP contribution is -2.48. The Balaban J connectivity index is 1.51. The normalized spacial score (nSPS) is 15.8. The van der Waals surface area contributed by atoms with Crippen LogP contribution in [0.4, 0.5) is 0 Å². The van der Waals surface area contributed by atoms with E-state index in [1.165, 1.54) is 10.4 Å². The predicted molar refractivity (Wildman–Crippen MR) is 102 cm³/mol. The highest BCUT2D eigenvalue weighted by Crippen LogP contribution is 2.20. The molecule has 2 N–H and O–H groups in total. The van der Waals surface area contributed by atoms with Gasteiger partial charge in [0.2, 0.25) is 5.91 Å². The number of hydrogen-bond donors (Lipinski definition) is 2. The molecule has 2 atom stereocenters. The van der Waals surface area contributed by atoms with Crippen molar-refractivity contribution in [3.05, 3.63) is 57.8 Å². The second-order valence-corrected chi connectivity index (χ2v) is 7.66. The van der Waals surface area contributed by atoms with Gasteiger partial charge in [-0.2, -0.15) is 0 Å². The summed E-state index contributed by atoms with van der Waals surface area (Å²) in [5.41, 5.74) is 2.35. The summed E-state index contributed by atoms with van der Waals surface area (Å²) in [6, 6.07) is 12.0. The van der Waals surface area contributed by atoms with Gasteiger partial charge in [0.05, 0.1) is 5.92 Å². The number of amides is 2. The van der Waals surface area contributed by atoms with Gasteiger partial charge in [-0.15, -0.1) is 11.3 Å². The first-order valence-corrected chi connectivity index (χ1v) is 9.78. The fourth-order valence-corrected chi connectivity index (χ4v) is 3.86. The Morgan fingerprint density at radius 3 is 2.73 bits per heavy atom. The zero-order valence-corrected chi connectivity index (χ0v) is 15.7. The number of carbonyl (C=O) groups is 2. The number of benzene rings is 1. The van der Waals surface area contributed by atoms with Gasteiger partial charge < -0.3 is 15.3 Å². The van der Waals surface area contributed by atoms with Crippen molar-refractivity contribution < 1.29 is 14.7 Å². The topological polar surface area (TPSA) is 69.6 Å². The number of rotatable bonds is 6. The SMILES string of the molecule is C[C@@H](C(=O)NCCc1cccs1)[C@@H](O)C(=O)N1CCc2ccccc2C1. The Morgan fingerprint density at radius 2 is 2.00 bits per heavy atom. The molecule has 0 aliphatic carbocycles. The smallest absolute Gasteiger partial charge is 0.252 e. The van der Waals surface area contributed by atoms with Gasteiger partial charge in [-0.05, 0) is 35.4 Å². The van der Waals surface area contributed by atoms with Crippen LogP contribution < -0.4 is 5.32 Å². The molecule has 3 rings (SSSR count). The number of aliphatic hydroxyl groups is 1. The molecule has 0 unspecified atom stereocenters. The van der Waals surface area contributed by atoms with E-state index in [4.69, 9.17) is 0 Å². The van der Waals surface area contributed by atoms with Crippen molar-refractivity contribution >= 4 is 23.2 Å². The molecule has 1 aromatic heterocycles. The number of fused-ring (bicyclic) bond motifs is 1. The zero-order valence-electron chi connectivity index (χ0n) is 14.9. The van der Waals surface area contributed by atoms with E-state index in [1.54, 1.807) is 23.2 Å². The molecular formula is C20H24N2O3S. The van der Waals surface area contributed by atoms with Crippen LogP contribution in [0.5, 0.6) is 0 Å². The third-order valence-electron chi connectivity index (χ3n) is 4.83. The number of hydrogen-bond acceptors (Lipinski definition) is 4. The zero-order chi connectivity index (χ0) is 18.5. The maximum Gasteiger partial charge on any atom is 0.252 e. The quantitative estimate of drug-likeness (QED) is 0.815. The number of aliphatic hydroxyl groups excluding tert-OH is 1. The average molecular weight is 372 g/mol. The Labute approximate surface area is 157 Å². The van der Waals surface area contributed by atoms with Gasteiger partial charge in [0, 0.05) is 24.5 Å². The molecule has 2 aromatic rings. The van der Waals surface area contributed by atoms with Gasteiger partial charge in [-0.3, -0.25) is 9.59 Å². The maximum absolute atomic E-state index is 12.6. The second kappa shape index (κ2) is 8.47. The van der Waals surface area contributed by atoms with Crippen LogP contribution in [-0.2, 0) is 29.0 Å². The highest BCUT2D eigenvalue weighted by molar-refractivity contribution is 7.09. The van der Waals surface area contributed by atoms with Crippen LogP contribution in [0.15, 0.2) is 41.8 Å². The standard InChI is InChI=1S/C20H24N2O3S/c1-14(19(24)21-10-8-17-7-4-12-26-17)18(23)20(25)22-11-9-15-5-2-3-6-16(15)13-22/h2-7,12,14,18,23H,8-11,13H2,1H3,(H,21,24)/t14-,18-/m1/s1. The van der Waals surface area contributed by atoms with E-state index in [2.05, 4.69) is 11.4 Å². The highest BCUT2D eigenvalue weighted by Gasteiger charge is 2.32. The molecule has 0 spiro atoms. The molecule has 0 radical (unpaired) electrons. The number of nitrogens with one attached hydrogen (secondary N) is 1. The highest BCUT2D eigenvalue weighted by atomic mass is 32.1. The van der Waals surface area contributed by atoms with E-state index >= 15 is 0 Å². The fraction of sp³-hybridized carbons (Fsp3) is 0.400. The van der Waals surface area contributed by atoms with Gasteiger partial charge in [-0.1, -0.05) is 37.3 Å². The first-order valence-electron chi connectivity index (χ1n) is 8.90. The number of carbonyl (C=O) groups excluding carboxylic acids is 2. The Hall–Kier alpha value is -2.18. The van der Waals surface area contributed by atoms with Crippen molar-refractivity contribution in [1.82, 2.24) is 10.2 Å². The molecular weight excluding hydrogens is 348 g/mol. The summed E-state index contributed by atoms with van der Waals surface area (Å²) in [4.78, 5) is 27.7. The van der Waals surface area contributed by atoms with Crippen LogP contribution in [0.3, 0.4) is 0 Å². The molecule has 1 aromatic carbocycles. The molecule has 0 bridgehead atoms. The minimum atomic E-state index is -1.32. The van der Waals surface area contributed by atoms with Gasteiger partial charge >= 0.3 is 0 Å². The molecule has 0 fully saturated rings. The van der Waals surface area contributed by atoms with Gasteiger partial charge in [0.15, 0.2) is 0 Å². The molecule has 2 amide bonds. The molecule has 5 nitrogen and oxygen atoms in total. The summed E-state index contributed by atoms with van der Waals surface area (Å²) in [5, 5.41) is 15.2. The van der Waals surface area contributed by atoms with Crippen molar-refractivity contribution in [2.75, 3.05) is 13.1 Å².